The number of Topliss-reactive ketones (excluding diaryl/α,β-unsaturated/α-hetero) is 1. The Balaban J connectivity index is 2.83. The van der Waals surface area contributed by atoms with Crippen molar-refractivity contribution in [1.29, 1.82) is 0 Å². The number of ether oxygens (including phenoxy) is 1. The minimum atomic E-state index is -0.508. The first-order chi connectivity index (χ1) is 8.25. The van der Waals surface area contributed by atoms with E-state index in [1.807, 2.05) is 20.8 Å². The Morgan fingerprint density at radius 1 is 1.44 bits per heavy atom. The van der Waals surface area contributed by atoms with Gasteiger partial charge in [0, 0.05) is 13.5 Å². The zero-order chi connectivity index (χ0) is 13.9. The molecule has 0 aliphatic rings. The normalized spacial score (nSPS) is 13.4. The van der Waals surface area contributed by atoms with Crippen LogP contribution in [0.4, 0.5) is 4.39 Å². The molecule has 0 aliphatic heterocycles. The number of hydrogen-bond acceptors (Lipinski definition) is 2. The fourth-order valence-electron chi connectivity index (χ4n) is 1.91. The highest BCUT2D eigenvalue weighted by atomic mass is 35.5. The average molecular weight is 273 g/mol. The van der Waals surface area contributed by atoms with Gasteiger partial charge in [-0.05, 0) is 23.1 Å². The summed E-state index contributed by atoms with van der Waals surface area (Å²) in [4.78, 5) is 12.1. The van der Waals surface area contributed by atoms with E-state index in [9.17, 15) is 9.18 Å². The van der Waals surface area contributed by atoms with E-state index in [1.54, 1.807) is 6.07 Å². The lowest BCUT2D eigenvalue weighted by Gasteiger charge is -2.28. The maximum atomic E-state index is 13.3. The molecule has 2 nitrogen and oxygen atoms in total. The Bertz CT molecular complexity index is 438. The fraction of sp³-hybridized carbons (Fsp3) is 0.500. The van der Waals surface area contributed by atoms with Gasteiger partial charge < -0.3 is 4.74 Å². The van der Waals surface area contributed by atoms with Crippen LogP contribution in [0.5, 0.6) is 0 Å². The number of carbonyl (C=O) groups excluding carboxylic acids is 1. The predicted octanol–water partition coefficient (Wildman–Crippen LogP) is 3.65. The van der Waals surface area contributed by atoms with E-state index < -0.39 is 11.9 Å². The summed E-state index contributed by atoms with van der Waals surface area (Å²) >= 11 is 5.59. The maximum absolute atomic E-state index is 13.3. The Hall–Kier alpha value is -0.930. The minimum Gasteiger partial charge on any atom is -0.373 e. The van der Waals surface area contributed by atoms with Crippen LogP contribution in [-0.4, -0.2) is 19.0 Å². The second kappa shape index (κ2) is 5.81. The molecule has 0 aromatic heterocycles. The van der Waals surface area contributed by atoms with Crippen LogP contribution in [0.2, 0.25) is 5.02 Å². The van der Waals surface area contributed by atoms with E-state index in [0.29, 0.717) is 5.56 Å². The molecule has 100 valence electrons. The topological polar surface area (TPSA) is 26.3 Å². The lowest BCUT2D eigenvalue weighted by atomic mass is 9.84. The van der Waals surface area contributed by atoms with E-state index >= 15 is 0 Å². The van der Waals surface area contributed by atoms with Crippen molar-refractivity contribution in [2.75, 3.05) is 7.11 Å². The van der Waals surface area contributed by atoms with Crippen molar-refractivity contribution in [3.63, 3.8) is 0 Å². The summed E-state index contributed by atoms with van der Waals surface area (Å²) in [5, 5.41) is 0.0605. The third-order valence-corrected chi connectivity index (χ3v) is 2.98. The molecule has 0 spiro atoms. The lowest BCUT2D eigenvalue weighted by molar-refractivity contribution is -0.134. The molecule has 0 heterocycles. The molecule has 0 N–H and O–H groups in total. The first-order valence-corrected chi connectivity index (χ1v) is 6.13. The molecular weight excluding hydrogens is 255 g/mol. The minimum absolute atomic E-state index is 0.0605. The Morgan fingerprint density at radius 3 is 2.50 bits per heavy atom. The van der Waals surface area contributed by atoms with Gasteiger partial charge in [-0.1, -0.05) is 38.4 Å². The van der Waals surface area contributed by atoms with Crippen LogP contribution in [-0.2, 0) is 16.0 Å². The van der Waals surface area contributed by atoms with Gasteiger partial charge >= 0.3 is 0 Å². The summed E-state index contributed by atoms with van der Waals surface area (Å²) in [6, 6.07) is 4.40. The van der Waals surface area contributed by atoms with Crippen LogP contribution < -0.4 is 0 Å². The quantitative estimate of drug-likeness (QED) is 0.836. The first-order valence-electron chi connectivity index (χ1n) is 5.75. The lowest BCUT2D eigenvalue weighted by Crippen LogP contribution is -2.37. The molecule has 1 rings (SSSR count). The second-order valence-corrected chi connectivity index (χ2v) is 5.78. The van der Waals surface area contributed by atoms with Gasteiger partial charge in [-0.3, -0.25) is 4.79 Å². The van der Waals surface area contributed by atoms with Gasteiger partial charge in [0.05, 0.1) is 5.02 Å². The molecule has 0 saturated carbocycles. The number of rotatable bonds is 4. The standard InChI is InChI=1S/C14H18ClFO2/c1-14(2,3)13(18-4)12(17)8-9-5-6-10(15)11(16)7-9/h5-7,13H,8H2,1-4H3. The van der Waals surface area contributed by atoms with E-state index in [2.05, 4.69) is 0 Å². The van der Waals surface area contributed by atoms with Crippen molar-refractivity contribution in [3.8, 4) is 0 Å². The monoisotopic (exact) mass is 272 g/mol. The van der Waals surface area contributed by atoms with Crippen molar-refractivity contribution in [2.24, 2.45) is 5.41 Å². The maximum Gasteiger partial charge on any atom is 0.166 e. The highest BCUT2D eigenvalue weighted by molar-refractivity contribution is 6.30. The highest BCUT2D eigenvalue weighted by Gasteiger charge is 2.30. The Labute approximate surface area is 112 Å². The van der Waals surface area contributed by atoms with E-state index in [1.165, 1.54) is 19.2 Å². The summed E-state index contributed by atoms with van der Waals surface area (Å²) in [7, 11) is 1.51. The summed E-state index contributed by atoms with van der Waals surface area (Å²) < 4.78 is 18.5. The summed E-state index contributed by atoms with van der Waals surface area (Å²) in [6.07, 6.45) is -0.361. The molecule has 1 aromatic carbocycles. The fourth-order valence-corrected chi connectivity index (χ4v) is 2.03. The molecule has 0 radical (unpaired) electrons. The van der Waals surface area contributed by atoms with Gasteiger partial charge in [-0.25, -0.2) is 4.39 Å². The van der Waals surface area contributed by atoms with Gasteiger partial charge in [0.25, 0.3) is 0 Å². The summed E-state index contributed by atoms with van der Waals surface area (Å²) in [5.74, 6) is -0.571. The highest BCUT2D eigenvalue weighted by Crippen LogP contribution is 2.24. The molecule has 1 aromatic rings. The molecule has 1 atom stereocenters. The molecule has 4 heteroatoms. The van der Waals surface area contributed by atoms with Gasteiger partial charge in [0.15, 0.2) is 5.78 Å². The summed E-state index contributed by atoms with van der Waals surface area (Å²) in [5.41, 5.74) is 0.324. The molecule has 0 saturated heterocycles. The number of ketones is 1. The van der Waals surface area contributed by atoms with Gasteiger partial charge in [0.1, 0.15) is 11.9 Å². The average Bonchev–Trinajstić information content (AvgIpc) is 2.22. The third kappa shape index (κ3) is 3.79. The molecule has 0 amide bonds. The zero-order valence-electron chi connectivity index (χ0n) is 11.1. The molecule has 18 heavy (non-hydrogen) atoms. The van der Waals surface area contributed by atoms with E-state index in [4.69, 9.17) is 16.3 Å². The first kappa shape index (κ1) is 15.1. The molecule has 1 unspecified atom stereocenters. The van der Waals surface area contributed by atoms with Crippen molar-refractivity contribution in [1.82, 2.24) is 0 Å². The van der Waals surface area contributed by atoms with Crippen LogP contribution in [0, 0.1) is 11.2 Å². The van der Waals surface area contributed by atoms with Crippen LogP contribution >= 0.6 is 11.6 Å². The van der Waals surface area contributed by atoms with Gasteiger partial charge in [-0.2, -0.15) is 0 Å². The predicted molar refractivity (Wildman–Crippen MR) is 70.4 cm³/mol. The zero-order valence-corrected chi connectivity index (χ0v) is 11.8. The van der Waals surface area contributed by atoms with Crippen LogP contribution in [0.25, 0.3) is 0 Å². The van der Waals surface area contributed by atoms with Gasteiger partial charge in [0.2, 0.25) is 0 Å². The molecule has 0 bridgehead atoms. The Kier molecular flexibility index (Phi) is 4.88. The SMILES string of the molecule is COC(C(=O)Cc1ccc(Cl)c(F)c1)C(C)(C)C. The van der Waals surface area contributed by atoms with Crippen molar-refractivity contribution in [3.05, 3.63) is 34.6 Å². The van der Waals surface area contributed by atoms with Crippen molar-refractivity contribution in [2.45, 2.75) is 33.3 Å². The van der Waals surface area contributed by atoms with Crippen LogP contribution in [0.15, 0.2) is 18.2 Å². The third-order valence-electron chi connectivity index (χ3n) is 2.68. The van der Waals surface area contributed by atoms with Crippen molar-refractivity contribution < 1.29 is 13.9 Å². The smallest absolute Gasteiger partial charge is 0.166 e. The van der Waals surface area contributed by atoms with Crippen LogP contribution in [0.1, 0.15) is 26.3 Å². The molecular formula is C14H18ClFO2. The number of methoxy groups -OCH3 is 1. The van der Waals surface area contributed by atoms with Gasteiger partial charge in [-0.15, -0.1) is 0 Å². The van der Waals surface area contributed by atoms with E-state index in [-0.39, 0.29) is 22.6 Å². The van der Waals surface area contributed by atoms with Crippen LogP contribution in [0.3, 0.4) is 0 Å². The molecule has 0 fully saturated rings. The second-order valence-electron chi connectivity index (χ2n) is 5.37. The van der Waals surface area contributed by atoms with Crippen molar-refractivity contribution >= 4 is 17.4 Å². The Morgan fingerprint density at radius 2 is 2.06 bits per heavy atom. The largest absolute Gasteiger partial charge is 0.373 e. The number of benzene rings is 1. The number of halogens is 2. The number of carbonyl (C=O) groups is 1. The molecule has 0 aliphatic carbocycles. The summed E-state index contributed by atoms with van der Waals surface area (Å²) in [6.45, 7) is 5.80. The van der Waals surface area contributed by atoms with E-state index in [0.717, 1.165) is 0 Å². The number of hydrogen-bond donors (Lipinski definition) is 0.